The zero-order valence-corrected chi connectivity index (χ0v) is 12.6. The summed E-state index contributed by atoms with van der Waals surface area (Å²) in [6.07, 6.45) is 1.78. The third kappa shape index (κ3) is 2.33. The Morgan fingerprint density at radius 1 is 1.38 bits per heavy atom. The average Bonchev–Trinajstić information content (AvgIpc) is 3.00. The van der Waals surface area contributed by atoms with Crippen molar-refractivity contribution in [3.63, 3.8) is 0 Å². The molecule has 1 amide bonds. The Hall–Kier alpha value is -2.48. The molecule has 0 radical (unpaired) electrons. The minimum Gasteiger partial charge on any atom is -0.493 e. The fraction of sp³-hybridized carbons (Fsp3) is 0.231. The van der Waals surface area contributed by atoms with Crippen molar-refractivity contribution >= 4 is 28.0 Å². The highest BCUT2D eigenvalue weighted by atomic mass is 32.1. The van der Waals surface area contributed by atoms with Crippen LogP contribution in [0.1, 0.15) is 21.2 Å². The van der Waals surface area contributed by atoms with Crippen molar-refractivity contribution in [3.05, 3.63) is 34.7 Å². The van der Waals surface area contributed by atoms with Gasteiger partial charge in [-0.25, -0.2) is 4.98 Å². The molecule has 0 atom stereocenters. The molecule has 0 bridgehead atoms. The Morgan fingerprint density at radius 3 is 2.86 bits per heavy atom. The Labute approximate surface area is 124 Å². The van der Waals surface area contributed by atoms with Crippen molar-refractivity contribution in [3.8, 4) is 5.75 Å². The monoisotopic (exact) mass is 303 g/mol. The third-order valence-electron chi connectivity index (χ3n) is 2.97. The molecule has 3 aromatic rings. The summed E-state index contributed by atoms with van der Waals surface area (Å²) in [5.74, 6) is 0.343. The van der Waals surface area contributed by atoms with Gasteiger partial charge in [0.2, 0.25) is 5.13 Å². The smallest absolute Gasteiger partial charge is 0.276 e. The number of pyridine rings is 1. The predicted molar refractivity (Wildman–Crippen MR) is 79.1 cm³/mol. The molecule has 0 fully saturated rings. The predicted octanol–water partition coefficient (Wildman–Crippen LogP) is 2.06. The lowest BCUT2D eigenvalue weighted by Crippen LogP contribution is -2.15. The van der Waals surface area contributed by atoms with E-state index in [4.69, 9.17) is 4.74 Å². The Kier molecular flexibility index (Phi) is 3.30. The molecule has 0 aliphatic carbocycles. The second-order valence-electron chi connectivity index (χ2n) is 4.40. The standard InChI is InChI=1S/C13H13N5O2S/c1-7-10(12(19)15-13-17-16-8(2)21-13)18-6-4-5-9(20-3)11(18)14-7/h4-6H,1-3H3,(H,15,17,19). The van der Waals surface area contributed by atoms with E-state index in [2.05, 4.69) is 20.5 Å². The Bertz CT molecular complexity index is 823. The zero-order chi connectivity index (χ0) is 15.0. The first-order valence-electron chi connectivity index (χ1n) is 6.23. The minimum atomic E-state index is -0.274. The number of aryl methyl sites for hydroxylation is 2. The first-order chi connectivity index (χ1) is 10.1. The number of nitrogens with zero attached hydrogens (tertiary/aromatic N) is 4. The molecule has 0 aromatic carbocycles. The highest BCUT2D eigenvalue weighted by Crippen LogP contribution is 2.22. The van der Waals surface area contributed by atoms with E-state index in [1.165, 1.54) is 11.3 Å². The molecule has 8 heteroatoms. The van der Waals surface area contributed by atoms with Crippen LogP contribution in [0.2, 0.25) is 0 Å². The van der Waals surface area contributed by atoms with Crippen LogP contribution in [-0.2, 0) is 0 Å². The molecule has 0 aliphatic heterocycles. The van der Waals surface area contributed by atoms with E-state index >= 15 is 0 Å². The van der Waals surface area contributed by atoms with Crippen molar-refractivity contribution in [2.75, 3.05) is 12.4 Å². The van der Waals surface area contributed by atoms with Crippen LogP contribution in [-0.4, -0.2) is 32.6 Å². The summed E-state index contributed by atoms with van der Waals surface area (Å²) in [5, 5.41) is 11.8. The van der Waals surface area contributed by atoms with E-state index in [-0.39, 0.29) is 5.91 Å². The molecular formula is C13H13N5O2S. The number of hydrogen-bond acceptors (Lipinski definition) is 6. The number of aromatic nitrogens is 4. The number of anilines is 1. The number of imidazole rings is 1. The first-order valence-corrected chi connectivity index (χ1v) is 7.05. The number of rotatable bonds is 3. The third-order valence-corrected chi connectivity index (χ3v) is 3.72. The van der Waals surface area contributed by atoms with E-state index in [1.54, 1.807) is 36.8 Å². The molecule has 0 saturated carbocycles. The summed E-state index contributed by atoms with van der Waals surface area (Å²) in [4.78, 5) is 16.8. The van der Waals surface area contributed by atoms with Gasteiger partial charge >= 0.3 is 0 Å². The number of fused-ring (bicyclic) bond motifs is 1. The summed E-state index contributed by atoms with van der Waals surface area (Å²) >= 11 is 1.32. The maximum atomic E-state index is 12.4. The normalized spacial score (nSPS) is 10.8. The van der Waals surface area contributed by atoms with Crippen LogP contribution < -0.4 is 10.1 Å². The van der Waals surface area contributed by atoms with Gasteiger partial charge in [0.1, 0.15) is 10.7 Å². The molecule has 0 spiro atoms. The number of carbonyl (C=O) groups excluding carboxylic acids is 1. The van der Waals surface area contributed by atoms with Crippen molar-refractivity contribution in [2.24, 2.45) is 0 Å². The van der Waals surface area contributed by atoms with Crippen LogP contribution in [0.3, 0.4) is 0 Å². The van der Waals surface area contributed by atoms with Gasteiger partial charge < -0.3 is 4.74 Å². The van der Waals surface area contributed by atoms with Gasteiger partial charge in [-0.15, -0.1) is 10.2 Å². The number of hydrogen-bond donors (Lipinski definition) is 1. The molecule has 0 aliphatic rings. The molecule has 21 heavy (non-hydrogen) atoms. The summed E-state index contributed by atoms with van der Waals surface area (Å²) in [5.41, 5.74) is 1.69. The topological polar surface area (TPSA) is 81.4 Å². The molecule has 3 heterocycles. The maximum absolute atomic E-state index is 12.4. The van der Waals surface area contributed by atoms with E-state index < -0.39 is 0 Å². The molecule has 3 rings (SSSR count). The van der Waals surface area contributed by atoms with Crippen molar-refractivity contribution in [2.45, 2.75) is 13.8 Å². The molecule has 0 saturated heterocycles. The van der Waals surface area contributed by atoms with Gasteiger partial charge in [0.25, 0.3) is 5.91 Å². The van der Waals surface area contributed by atoms with Gasteiger partial charge in [-0.3, -0.25) is 14.5 Å². The Morgan fingerprint density at radius 2 is 2.19 bits per heavy atom. The number of ether oxygens (including phenoxy) is 1. The van der Waals surface area contributed by atoms with E-state index in [9.17, 15) is 4.79 Å². The largest absolute Gasteiger partial charge is 0.493 e. The summed E-state index contributed by atoms with van der Waals surface area (Å²) in [7, 11) is 1.57. The van der Waals surface area contributed by atoms with Gasteiger partial charge in [0.05, 0.1) is 12.8 Å². The van der Waals surface area contributed by atoms with Crippen LogP contribution >= 0.6 is 11.3 Å². The fourth-order valence-corrected chi connectivity index (χ4v) is 2.68. The minimum absolute atomic E-state index is 0.274. The van der Waals surface area contributed by atoms with E-state index in [0.717, 1.165) is 5.01 Å². The van der Waals surface area contributed by atoms with Crippen molar-refractivity contribution in [1.82, 2.24) is 19.6 Å². The lowest BCUT2D eigenvalue weighted by Gasteiger charge is -2.04. The quantitative estimate of drug-likeness (QED) is 0.801. The van der Waals surface area contributed by atoms with Crippen LogP contribution in [0.15, 0.2) is 18.3 Å². The van der Waals surface area contributed by atoms with Gasteiger partial charge in [-0.05, 0) is 26.0 Å². The maximum Gasteiger partial charge on any atom is 0.276 e. The van der Waals surface area contributed by atoms with Gasteiger partial charge in [-0.1, -0.05) is 11.3 Å². The molecule has 7 nitrogen and oxygen atoms in total. The number of amides is 1. The molecular weight excluding hydrogens is 290 g/mol. The first kappa shape index (κ1) is 13.5. The van der Waals surface area contributed by atoms with Crippen molar-refractivity contribution < 1.29 is 9.53 Å². The fourth-order valence-electron chi connectivity index (χ4n) is 2.09. The molecule has 3 aromatic heterocycles. The van der Waals surface area contributed by atoms with E-state index in [1.807, 2.05) is 6.92 Å². The van der Waals surface area contributed by atoms with E-state index in [0.29, 0.717) is 27.9 Å². The van der Waals surface area contributed by atoms with Crippen molar-refractivity contribution in [1.29, 1.82) is 0 Å². The summed E-state index contributed by atoms with van der Waals surface area (Å²) < 4.78 is 6.97. The van der Waals surface area contributed by atoms with Crippen LogP contribution in [0, 0.1) is 13.8 Å². The molecule has 0 unspecified atom stereocenters. The number of carbonyl (C=O) groups is 1. The van der Waals surface area contributed by atoms with Crippen LogP contribution in [0.25, 0.3) is 5.65 Å². The van der Waals surface area contributed by atoms with Crippen LogP contribution in [0.4, 0.5) is 5.13 Å². The highest BCUT2D eigenvalue weighted by Gasteiger charge is 2.19. The number of methoxy groups -OCH3 is 1. The summed E-state index contributed by atoms with van der Waals surface area (Å²) in [6.45, 7) is 3.62. The SMILES string of the molecule is COc1cccn2c(C(=O)Nc3nnc(C)s3)c(C)nc12. The molecule has 1 N–H and O–H groups in total. The second kappa shape index (κ2) is 5.13. The number of nitrogens with one attached hydrogen (secondary N) is 1. The second-order valence-corrected chi connectivity index (χ2v) is 5.58. The van der Waals surface area contributed by atoms with Gasteiger partial charge in [0.15, 0.2) is 11.4 Å². The zero-order valence-electron chi connectivity index (χ0n) is 11.7. The lowest BCUT2D eigenvalue weighted by molar-refractivity contribution is 0.102. The van der Waals surface area contributed by atoms with Gasteiger partial charge in [-0.2, -0.15) is 0 Å². The summed E-state index contributed by atoms with van der Waals surface area (Å²) in [6, 6.07) is 3.61. The molecule has 108 valence electrons. The highest BCUT2D eigenvalue weighted by molar-refractivity contribution is 7.15. The van der Waals surface area contributed by atoms with Crippen LogP contribution in [0.5, 0.6) is 5.75 Å². The lowest BCUT2D eigenvalue weighted by atomic mass is 10.3. The average molecular weight is 303 g/mol. The van der Waals surface area contributed by atoms with Gasteiger partial charge in [0, 0.05) is 6.20 Å². The Balaban J connectivity index is 2.03.